The van der Waals surface area contributed by atoms with E-state index in [-0.39, 0.29) is 16.8 Å². The summed E-state index contributed by atoms with van der Waals surface area (Å²) < 4.78 is 27.6. The van der Waals surface area contributed by atoms with Gasteiger partial charge in [0.2, 0.25) is 15.9 Å². The topological polar surface area (TPSA) is 75.3 Å². The van der Waals surface area contributed by atoms with Crippen LogP contribution in [0.3, 0.4) is 0 Å². The number of aryl methyl sites for hydroxylation is 1. The molecule has 1 aliphatic rings. The standard InChI is InChI=1S/C18H26N2O3S/c1-2-14-19-18(21)13-10-15-8-11-17(12-9-15)24(22,23)20-16-6-4-3-5-7-16/h2,8-9,11-12,16,20H,1,3-7,10,13-14H2,(H,19,21). The van der Waals surface area contributed by atoms with Crippen LogP contribution in [0, 0.1) is 0 Å². The van der Waals surface area contributed by atoms with Gasteiger partial charge in [-0.25, -0.2) is 13.1 Å². The molecule has 2 rings (SSSR count). The summed E-state index contributed by atoms with van der Waals surface area (Å²) in [5.74, 6) is -0.0365. The molecule has 0 atom stereocenters. The number of benzene rings is 1. The molecule has 0 aliphatic heterocycles. The van der Waals surface area contributed by atoms with Crippen LogP contribution in [0.2, 0.25) is 0 Å². The molecule has 1 amide bonds. The van der Waals surface area contributed by atoms with Crippen molar-refractivity contribution < 1.29 is 13.2 Å². The Balaban J connectivity index is 1.90. The van der Waals surface area contributed by atoms with Crippen LogP contribution in [-0.2, 0) is 21.2 Å². The van der Waals surface area contributed by atoms with Crippen molar-refractivity contribution in [3.63, 3.8) is 0 Å². The van der Waals surface area contributed by atoms with Gasteiger partial charge in [0.1, 0.15) is 0 Å². The number of sulfonamides is 1. The van der Waals surface area contributed by atoms with E-state index in [4.69, 9.17) is 0 Å². The van der Waals surface area contributed by atoms with Crippen LogP contribution in [0.4, 0.5) is 0 Å². The third kappa shape index (κ3) is 5.76. The number of nitrogens with one attached hydrogen (secondary N) is 2. The molecule has 0 unspecified atom stereocenters. The minimum Gasteiger partial charge on any atom is -0.353 e. The lowest BCUT2D eigenvalue weighted by molar-refractivity contribution is -0.120. The van der Waals surface area contributed by atoms with Crippen molar-refractivity contribution in [1.29, 1.82) is 0 Å². The van der Waals surface area contributed by atoms with E-state index in [0.717, 1.165) is 31.2 Å². The lowest BCUT2D eigenvalue weighted by atomic mass is 9.96. The second-order valence-corrected chi connectivity index (χ2v) is 7.91. The highest BCUT2D eigenvalue weighted by atomic mass is 32.2. The maximum atomic E-state index is 12.4. The highest BCUT2D eigenvalue weighted by Gasteiger charge is 2.21. The Labute approximate surface area is 144 Å². The van der Waals surface area contributed by atoms with Crippen molar-refractivity contribution in [2.45, 2.75) is 55.9 Å². The highest BCUT2D eigenvalue weighted by molar-refractivity contribution is 7.89. The first-order valence-corrected chi connectivity index (χ1v) is 9.98. The van der Waals surface area contributed by atoms with E-state index < -0.39 is 10.0 Å². The van der Waals surface area contributed by atoms with E-state index >= 15 is 0 Å². The molecule has 6 heteroatoms. The molecule has 1 aliphatic carbocycles. The molecule has 132 valence electrons. The van der Waals surface area contributed by atoms with Gasteiger partial charge < -0.3 is 5.32 Å². The molecule has 24 heavy (non-hydrogen) atoms. The number of carbonyl (C=O) groups excluding carboxylic acids is 1. The minimum absolute atomic E-state index is 0.0365. The Bertz CT molecular complexity index is 647. The first-order chi connectivity index (χ1) is 11.5. The summed E-state index contributed by atoms with van der Waals surface area (Å²) in [6, 6.07) is 6.83. The van der Waals surface area contributed by atoms with Gasteiger partial charge in [-0.05, 0) is 37.0 Å². The Hall–Kier alpha value is -1.66. The van der Waals surface area contributed by atoms with Crippen molar-refractivity contribution in [1.82, 2.24) is 10.0 Å². The largest absolute Gasteiger partial charge is 0.353 e. The van der Waals surface area contributed by atoms with Gasteiger partial charge >= 0.3 is 0 Å². The van der Waals surface area contributed by atoms with Gasteiger partial charge in [-0.2, -0.15) is 0 Å². The van der Waals surface area contributed by atoms with Gasteiger partial charge in [-0.3, -0.25) is 4.79 Å². The van der Waals surface area contributed by atoms with E-state index in [1.807, 2.05) is 0 Å². The Morgan fingerprint density at radius 2 is 1.83 bits per heavy atom. The molecule has 0 heterocycles. The fourth-order valence-electron chi connectivity index (χ4n) is 2.88. The van der Waals surface area contributed by atoms with Crippen LogP contribution in [0.15, 0.2) is 41.8 Å². The lowest BCUT2D eigenvalue weighted by Crippen LogP contribution is -2.36. The summed E-state index contributed by atoms with van der Waals surface area (Å²) in [6.07, 6.45) is 7.78. The second-order valence-electron chi connectivity index (χ2n) is 6.19. The molecule has 1 aromatic rings. The zero-order valence-electron chi connectivity index (χ0n) is 14.0. The van der Waals surface area contributed by atoms with Crippen molar-refractivity contribution in [3.05, 3.63) is 42.5 Å². The number of hydrogen-bond donors (Lipinski definition) is 2. The summed E-state index contributed by atoms with van der Waals surface area (Å²) in [5, 5.41) is 2.72. The fourth-order valence-corrected chi connectivity index (χ4v) is 4.18. The van der Waals surface area contributed by atoms with Gasteiger partial charge in [0.25, 0.3) is 0 Å². The maximum Gasteiger partial charge on any atom is 0.240 e. The first kappa shape index (κ1) is 18.7. The first-order valence-electron chi connectivity index (χ1n) is 8.50. The summed E-state index contributed by atoms with van der Waals surface area (Å²) >= 11 is 0. The smallest absolute Gasteiger partial charge is 0.240 e. The third-order valence-electron chi connectivity index (χ3n) is 4.24. The van der Waals surface area contributed by atoms with Crippen molar-refractivity contribution >= 4 is 15.9 Å². The number of hydrogen-bond acceptors (Lipinski definition) is 3. The molecule has 0 spiro atoms. The molecule has 1 aromatic carbocycles. The average molecular weight is 350 g/mol. The normalized spacial score (nSPS) is 15.8. The summed E-state index contributed by atoms with van der Waals surface area (Å²) in [4.78, 5) is 11.8. The van der Waals surface area contributed by atoms with Gasteiger partial charge in [0, 0.05) is 19.0 Å². The molecule has 1 fully saturated rings. The van der Waals surface area contributed by atoms with Crippen LogP contribution < -0.4 is 10.0 Å². The summed E-state index contributed by atoms with van der Waals surface area (Å²) in [6.45, 7) is 4.01. The maximum absolute atomic E-state index is 12.4. The van der Waals surface area contributed by atoms with Crippen LogP contribution in [0.5, 0.6) is 0 Å². The van der Waals surface area contributed by atoms with E-state index in [9.17, 15) is 13.2 Å². The molecule has 0 radical (unpaired) electrons. The molecule has 0 bridgehead atoms. The van der Waals surface area contributed by atoms with E-state index in [0.29, 0.717) is 19.4 Å². The molecule has 0 saturated heterocycles. The number of carbonyl (C=O) groups is 1. The van der Waals surface area contributed by atoms with Gasteiger partial charge in [0.15, 0.2) is 0 Å². The van der Waals surface area contributed by atoms with Crippen molar-refractivity contribution in [3.8, 4) is 0 Å². The predicted octanol–water partition coefficient (Wildman–Crippen LogP) is 2.53. The molecule has 2 N–H and O–H groups in total. The van der Waals surface area contributed by atoms with E-state index in [2.05, 4.69) is 16.6 Å². The zero-order valence-corrected chi connectivity index (χ0v) is 14.8. The van der Waals surface area contributed by atoms with Gasteiger partial charge in [-0.15, -0.1) is 6.58 Å². The number of rotatable bonds is 8. The molecule has 0 aromatic heterocycles. The summed E-state index contributed by atoms with van der Waals surface area (Å²) in [5.41, 5.74) is 0.945. The van der Waals surface area contributed by atoms with E-state index in [1.165, 1.54) is 6.42 Å². The second kappa shape index (κ2) is 8.99. The monoisotopic (exact) mass is 350 g/mol. The zero-order chi connectivity index (χ0) is 17.4. The highest BCUT2D eigenvalue weighted by Crippen LogP contribution is 2.20. The van der Waals surface area contributed by atoms with Crippen LogP contribution >= 0.6 is 0 Å². The third-order valence-corrected chi connectivity index (χ3v) is 5.78. The molecular weight excluding hydrogens is 324 g/mol. The molecule has 1 saturated carbocycles. The SMILES string of the molecule is C=CCNC(=O)CCc1ccc(S(=O)(=O)NC2CCCCC2)cc1. The minimum atomic E-state index is -3.46. The molecular formula is C18H26N2O3S. The average Bonchev–Trinajstić information content (AvgIpc) is 2.59. The fraction of sp³-hybridized carbons (Fsp3) is 0.500. The van der Waals surface area contributed by atoms with E-state index in [1.54, 1.807) is 30.3 Å². The van der Waals surface area contributed by atoms with Gasteiger partial charge in [0.05, 0.1) is 4.90 Å². The van der Waals surface area contributed by atoms with Crippen molar-refractivity contribution in [2.24, 2.45) is 0 Å². The van der Waals surface area contributed by atoms with Crippen LogP contribution in [0.25, 0.3) is 0 Å². The Morgan fingerprint density at radius 1 is 1.17 bits per heavy atom. The quantitative estimate of drug-likeness (QED) is 0.708. The molecule has 5 nitrogen and oxygen atoms in total. The van der Waals surface area contributed by atoms with Crippen molar-refractivity contribution in [2.75, 3.05) is 6.54 Å². The van der Waals surface area contributed by atoms with Crippen LogP contribution in [-0.4, -0.2) is 26.9 Å². The summed E-state index contributed by atoms with van der Waals surface area (Å²) in [7, 11) is -3.46. The number of amides is 1. The Morgan fingerprint density at radius 3 is 2.46 bits per heavy atom. The predicted molar refractivity (Wildman–Crippen MR) is 95.2 cm³/mol. The van der Waals surface area contributed by atoms with Gasteiger partial charge in [-0.1, -0.05) is 37.5 Å². The van der Waals surface area contributed by atoms with Crippen LogP contribution in [0.1, 0.15) is 44.1 Å². The lowest BCUT2D eigenvalue weighted by Gasteiger charge is -2.22. The Kier molecular flexibility index (Phi) is 6.99.